The highest BCUT2D eigenvalue weighted by atomic mass is 79.9. The monoisotopic (exact) mass is 329 g/mol. The summed E-state index contributed by atoms with van der Waals surface area (Å²) in [4.78, 5) is 14.7. The third kappa shape index (κ3) is 2.38. The van der Waals surface area contributed by atoms with Crippen LogP contribution in [0.25, 0.3) is 0 Å². The summed E-state index contributed by atoms with van der Waals surface area (Å²) in [5, 5.41) is 0. The maximum atomic E-state index is 12.8. The largest absolute Gasteiger partial charge is 0.308 e. The lowest BCUT2D eigenvalue weighted by Gasteiger charge is -2.31. The number of hydrogen-bond donors (Lipinski definition) is 0. The highest BCUT2D eigenvalue weighted by molar-refractivity contribution is 9.10. The van der Waals surface area contributed by atoms with Gasteiger partial charge in [0.2, 0.25) is 0 Å². The van der Waals surface area contributed by atoms with E-state index in [1.165, 1.54) is 11.1 Å². The Hall–Kier alpha value is -1.61. The van der Waals surface area contributed by atoms with Gasteiger partial charge in [-0.3, -0.25) is 4.79 Å². The topological polar surface area (TPSA) is 20.3 Å². The Balaban J connectivity index is 2.03. The summed E-state index contributed by atoms with van der Waals surface area (Å²) in [5.41, 5.74) is 4.28. The zero-order valence-electron chi connectivity index (χ0n) is 11.4. The van der Waals surface area contributed by atoms with E-state index in [0.717, 1.165) is 35.1 Å². The van der Waals surface area contributed by atoms with Crippen LogP contribution in [0.1, 0.15) is 27.9 Å². The summed E-state index contributed by atoms with van der Waals surface area (Å²) in [6.45, 7) is 2.87. The van der Waals surface area contributed by atoms with Crippen molar-refractivity contribution in [2.24, 2.45) is 0 Å². The van der Waals surface area contributed by atoms with Crippen LogP contribution in [-0.4, -0.2) is 12.5 Å². The fraction of sp³-hybridized carbons (Fsp3) is 0.235. The van der Waals surface area contributed by atoms with E-state index in [2.05, 4.69) is 41.1 Å². The number of para-hydroxylation sites is 1. The third-order valence-corrected chi connectivity index (χ3v) is 4.23. The molecule has 0 unspecified atom stereocenters. The molecule has 3 rings (SSSR count). The highest BCUT2D eigenvalue weighted by Gasteiger charge is 2.24. The van der Waals surface area contributed by atoms with Gasteiger partial charge in [-0.05, 0) is 49.1 Å². The Morgan fingerprint density at radius 2 is 2.00 bits per heavy atom. The van der Waals surface area contributed by atoms with Crippen LogP contribution >= 0.6 is 15.9 Å². The molecule has 0 saturated heterocycles. The first-order valence-corrected chi connectivity index (χ1v) is 7.62. The van der Waals surface area contributed by atoms with Gasteiger partial charge < -0.3 is 4.90 Å². The maximum absolute atomic E-state index is 12.8. The van der Waals surface area contributed by atoms with E-state index >= 15 is 0 Å². The summed E-state index contributed by atoms with van der Waals surface area (Å²) in [5.74, 6) is 0.0848. The summed E-state index contributed by atoms with van der Waals surface area (Å²) in [6, 6.07) is 13.9. The van der Waals surface area contributed by atoms with Crippen LogP contribution in [0.2, 0.25) is 0 Å². The van der Waals surface area contributed by atoms with Gasteiger partial charge >= 0.3 is 0 Å². The summed E-state index contributed by atoms with van der Waals surface area (Å²) < 4.78 is 0.936. The van der Waals surface area contributed by atoms with E-state index < -0.39 is 0 Å². The van der Waals surface area contributed by atoms with Crippen LogP contribution in [-0.2, 0) is 6.42 Å². The Bertz CT molecular complexity index is 666. The number of anilines is 1. The van der Waals surface area contributed by atoms with Crippen LogP contribution < -0.4 is 4.90 Å². The SMILES string of the molecule is Cc1cccc2c1N(C(=O)c1cccc(Br)c1)CCC2. The summed E-state index contributed by atoms with van der Waals surface area (Å²) in [6.07, 6.45) is 2.08. The van der Waals surface area contributed by atoms with Crippen LogP contribution in [0.4, 0.5) is 5.69 Å². The van der Waals surface area contributed by atoms with Crippen molar-refractivity contribution in [3.8, 4) is 0 Å². The smallest absolute Gasteiger partial charge is 0.258 e. The molecule has 2 aromatic rings. The number of aryl methyl sites for hydroxylation is 2. The molecule has 0 bridgehead atoms. The van der Waals surface area contributed by atoms with E-state index in [1.807, 2.05) is 29.2 Å². The first kappa shape index (κ1) is 13.4. The molecule has 1 amide bonds. The van der Waals surface area contributed by atoms with E-state index in [9.17, 15) is 4.79 Å². The predicted molar refractivity (Wildman–Crippen MR) is 85.3 cm³/mol. The second-order valence-electron chi connectivity index (χ2n) is 5.15. The second kappa shape index (κ2) is 5.41. The lowest BCUT2D eigenvalue weighted by atomic mass is 9.97. The number of carbonyl (C=O) groups excluding carboxylic acids is 1. The first-order chi connectivity index (χ1) is 9.66. The van der Waals surface area contributed by atoms with Crippen LogP contribution in [0.15, 0.2) is 46.9 Å². The van der Waals surface area contributed by atoms with Gasteiger partial charge in [-0.1, -0.05) is 40.2 Å². The van der Waals surface area contributed by atoms with Crippen LogP contribution in [0.3, 0.4) is 0 Å². The molecule has 0 aliphatic carbocycles. The molecule has 3 heteroatoms. The van der Waals surface area contributed by atoms with Crippen LogP contribution in [0, 0.1) is 6.92 Å². The van der Waals surface area contributed by atoms with Crippen molar-refractivity contribution in [1.82, 2.24) is 0 Å². The molecular formula is C17H16BrNO. The molecule has 20 heavy (non-hydrogen) atoms. The molecule has 0 aromatic heterocycles. The molecule has 2 nitrogen and oxygen atoms in total. The molecule has 102 valence electrons. The Kier molecular flexibility index (Phi) is 3.62. The van der Waals surface area contributed by atoms with E-state index in [1.54, 1.807) is 0 Å². The van der Waals surface area contributed by atoms with Gasteiger partial charge in [-0.25, -0.2) is 0 Å². The standard InChI is InChI=1S/C17H16BrNO/c1-12-5-2-6-13-8-4-10-19(16(12)13)17(20)14-7-3-9-15(18)11-14/h2-3,5-7,9,11H,4,8,10H2,1H3. The van der Waals surface area contributed by atoms with Crippen molar-refractivity contribution in [2.75, 3.05) is 11.4 Å². The molecule has 0 radical (unpaired) electrons. The van der Waals surface area contributed by atoms with E-state index in [0.29, 0.717) is 0 Å². The number of nitrogens with zero attached hydrogens (tertiary/aromatic N) is 1. The minimum atomic E-state index is 0.0848. The Morgan fingerprint density at radius 3 is 2.80 bits per heavy atom. The second-order valence-corrected chi connectivity index (χ2v) is 6.07. The highest BCUT2D eigenvalue weighted by Crippen LogP contribution is 2.31. The van der Waals surface area contributed by atoms with Crippen molar-refractivity contribution in [2.45, 2.75) is 19.8 Å². The van der Waals surface area contributed by atoms with Crippen LogP contribution in [0.5, 0.6) is 0 Å². The number of rotatable bonds is 1. The zero-order chi connectivity index (χ0) is 14.1. The molecule has 0 atom stereocenters. The normalized spacial score (nSPS) is 14.0. The first-order valence-electron chi connectivity index (χ1n) is 6.83. The van der Waals surface area contributed by atoms with Gasteiger partial charge in [0.15, 0.2) is 0 Å². The molecule has 0 spiro atoms. The molecule has 1 aliphatic heterocycles. The Morgan fingerprint density at radius 1 is 1.20 bits per heavy atom. The minimum absolute atomic E-state index is 0.0848. The number of hydrogen-bond acceptors (Lipinski definition) is 1. The molecule has 1 heterocycles. The van der Waals surface area contributed by atoms with Crippen molar-refractivity contribution in [3.63, 3.8) is 0 Å². The van der Waals surface area contributed by atoms with E-state index in [4.69, 9.17) is 0 Å². The minimum Gasteiger partial charge on any atom is -0.308 e. The van der Waals surface area contributed by atoms with Gasteiger partial charge in [0.25, 0.3) is 5.91 Å². The van der Waals surface area contributed by atoms with E-state index in [-0.39, 0.29) is 5.91 Å². The van der Waals surface area contributed by atoms with Gasteiger partial charge in [0.05, 0.1) is 5.69 Å². The fourth-order valence-electron chi connectivity index (χ4n) is 2.83. The predicted octanol–water partition coefficient (Wildman–Crippen LogP) is 4.35. The summed E-state index contributed by atoms with van der Waals surface area (Å²) >= 11 is 3.43. The number of fused-ring (bicyclic) bond motifs is 1. The number of amides is 1. The average Bonchev–Trinajstić information content (AvgIpc) is 2.46. The number of halogens is 1. The maximum Gasteiger partial charge on any atom is 0.258 e. The summed E-state index contributed by atoms with van der Waals surface area (Å²) in [7, 11) is 0. The lowest BCUT2D eigenvalue weighted by molar-refractivity contribution is 0.0985. The average molecular weight is 330 g/mol. The molecule has 0 N–H and O–H groups in total. The van der Waals surface area contributed by atoms with Crippen molar-refractivity contribution < 1.29 is 4.79 Å². The molecule has 0 fully saturated rings. The zero-order valence-corrected chi connectivity index (χ0v) is 13.0. The van der Waals surface area contributed by atoms with Crippen molar-refractivity contribution in [3.05, 3.63) is 63.6 Å². The van der Waals surface area contributed by atoms with Crippen molar-refractivity contribution >= 4 is 27.5 Å². The quantitative estimate of drug-likeness (QED) is 0.761. The Labute approximate surface area is 127 Å². The number of carbonyl (C=O) groups is 1. The molecule has 2 aromatic carbocycles. The van der Waals surface area contributed by atoms with Gasteiger partial charge in [-0.2, -0.15) is 0 Å². The van der Waals surface area contributed by atoms with Gasteiger partial charge in [0, 0.05) is 16.6 Å². The number of benzene rings is 2. The van der Waals surface area contributed by atoms with Crippen molar-refractivity contribution in [1.29, 1.82) is 0 Å². The fourth-order valence-corrected chi connectivity index (χ4v) is 3.23. The molecular weight excluding hydrogens is 314 g/mol. The molecule has 0 saturated carbocycles. The lowest BCUT2D eigenvalue weighted by Crippen LogP contribution is -2.36. The van der Waals surface area contributed by atoms with Gasteiger partial charge in [0.1, 0.15) is 0 Å². The third-order valence-electron chi connectivity index (χ3n) is 3.74. The van der Waals surface area contributed by atoms with Gasteiger partial charge in [-0.15, -0.1) is 0 Å². The molecule has 1 aliphatic rings.